The fraction of sp³-hybridized carbons (Fsp3) is 0.133. The van der Waals surface area contributed by atoms with Crippen LogP contribution in [0.3, 0.4) is 0 Å². The van der Waals surface area contributed by atoms with Crippen LogP contribution in [-0.4, -0.2) is 18.0 Å². The van der Waals surface area contributed by atoms with Gasteiger partial charge in [0.1, 0.15) is 5.76 Å². The lowest BCUT2D eigenvalue weighted by Gasteiger charge is -2.06. The van der Waals surface area contributed by atoms with Crippen molar-refractivity contribution in [2.75, 3.05) is 7.11 Å². The van der Waals surface area contributed by atoms with Crippen LogP contribution in [0.15, 0.2) is 39.2 Å². The molecule has 104 valence electrons. The van der Waals surface area contributed by atoms with Gasteiger partial charge in [0.2, 0.25) is 5.78 Å². The van der Waals surface area contributed by atoms with Crippen molar-refractivity contribution in [2.45, 2.75) is 6.92 Å². The van der Waals surface area contributed by atoms with Crippen molar-refractivity contribution < 1.29 is 19.1 Å². The molecule has 5 heteroatoms. The van der Waals surface area contributed by atoms with Gasteiger partial charge in [-0.15, -0.1) is 0 Å². The molecule has 0 fully saturated rings. The number of phenols is 1. The largest absolute Gasteiger partial charge is 0.503 e. The quantitative estimate of drug-likeness (QED) is 0.678. The molecule has 0 atom stereocenters. The molecule has 1 N–H and O–H groups in total. The number of rotatable bonds is 4. The Balaban J connectivity index is 2.23. The normalized spacial score (nSPS) is 10.9. The van der Waals surface area contributed by atoms with E-state index in [1.54, 1.807) is 37.3 Å². The van der Waals surface area contributed by atoms with E-state index in [2.05, 4.69) is 15.9 Å². The number of phenolic OH excluding ortho intramolecular Hbond substituents is 1. The van der Waals surface area contributed by atoms with Gasteiger partial charge in [-0.2, -0.15) is 0 Å². The molecule has 2 rings (SSSR count). The molecule has 0 saturated heterocycles. The maximum Gasteiger partial charge on any atom is 0.221 e. The van der Waals surface area contributed by atoms with Crippen LogP contribution in [0.5, 0.6) is 11.5 Å². The van der Waals surface area contributed by atoms with Crippen LogP contribution in [0.2, 0.25) is 0 Å². The number of methoxy groups -OCH3 is 1. The standard InChI is InChI=1S/C15H13BrO4/c1-9-3-6-13(20-9)12(17)5-4-10-7-11(16)15(18)14(8-10)19-2/h3-8,18H,1-2H3. The van der Waals surface area contributed by atoms with E-state index in [1.165, 1.54) is 13.2 Å². The number of hydrogen-bond donors (Lipinski definition) is 1. The zero-order valence-corrected chi connectivity index (χ0v) is 12.6. The first-order valence-corrected chi connectivity index (χ1v) is 6.66. The molecule has 1 aromatic heterocycles. The van der Waals surface area contributed by atoms with E-state index < -0.39 is 0 Å². The summed E-state index contributed by atoms with van der Waals surface area (Å²) >= 11 is 3.23. The summed E-state index contributed by atoms with van der Waals surface area (Å²) in [7, 11) is 1.46. The van der Waals surface area contributed by atoms with Crippen molar-refractivity contribution >= 4 is 27.8 Å². The Labute approximate surface area is 124 Å². The summed E-state index contributed by atoms with van der Waals surface area (Å²) in [5.74, 6) is 1.12. The third-order valence-corrected chi connectivity index (χ3v) is 3.29. The second-order valence-corrected chi connectivity index (χ2v) is 5.02. The minimum absolute atomic E-state index is 0.0256. The van der Waals surface area contributed by atoms with Gasteiger partial charge in [-0.3, -0.25) is 4.79 Å². The predicted octanol–water partition coefficient (Wildman–Crippen LogP) is 3.96. The topological polar surface area (TPSA) is 59.7 Å². The minimum Gasteiger partial charge on any atom is -0.503 e. The first-order valence-electron chi connectivity index (χ1n) is 5.86. The number of ether oxygens (including phenoxy) is 1. The van der Waals surface area contributed by atoms with E-state index in [9.17, 15) is 9.90 Å². The lowest BCUT2D eigenvalue weighted by molar-refractivity contribution is 0.102. The molecule has 0 amide bonds. The number of allylic oxidation sites excluding steroid dienone is 1. The average molecular weight is 337 g/mol. The highest BCUT2D eigenvalue weighted by molar-refractivity contribution is 9.10. The molecule has 20 heavy (non-hydrogen) atoms. The molecule has 1 aromatic carbocycles. The number of halogens is 1. The van der Waals surface area contributed by atoms with Crippen LogP contribution in [0.1, 0.15) is 21.9 Å². The zero-order chi connectivity index (χ0) is 14.7. The number of aryl methyl sites for hydroxylation is 1. The van der Waals surface area contributed by atoms with Gasteiger partial charge in [0, 0.05) is 0 Å². The highest BCUT2D eigenvalue weighted by atomic mass is 79.9. The van der Waals surface area contributed by atoms with E-state index in [0.717, 1.165) is 5.56 Å². The molecule has 0 aliphatic carbocycles. The van der Waals surface area contributed by atoms with Gasteiger partial charge in [0.25, 0.3) is 0 Å². The van der Waals surface area contributed by atoms with Crippen LogP contribution < -0.4 is 4.74 Å². The van der Waals surface area contributed by atoms with Gasteiger partial charge in [0.05, 0.1) is 11.6 Å². The maximum atomic E-state index is 11.9. The van der Waals surface area contributed by atoms with Gasteiger partial charge >= 0.3 is 0 Å². The second kappa shape index (κ2) is 5.96. The number of carbonyl (C=O) groups excluding carboxylic acids is 1. The van der Waals surface area contributed by atoms with E-state index >= 15 is 0 Å². The molecule has 0 aliphatic rings. The van der Waals surface area contributed by atoms with Crippen molar-refractivity contribution in [2.24, 2.45) is 0 Å². The monoisotopic (exact) mass is 336 g/mol. The van der Waals surface area contributed by atoms with Crippen molar-refractivity contribution in [1.29, 1.82) is 0 Å². The summed E-state index contributed by atoms with van der Waals surface area (Å²) in [5, 5.41) is 9.70. The van der Waals surface area contributed by atoms with Crippen molar-refractivity contribution in [3.8, 4) is 11.5 Å². The van der Waals surface area contributed by atoms with Crippen LogP contribution in [0, 0.1) is 6.92 Å². The number of aromatic hydroxyl groups is 1. The fourth-order valence-corrected chi connectivity index (χ4v) is 2.13. The fourth-order valence-electron chi connectivity index (χ4n) is 1.67. The summed E-state index contributed by atoms with van der Waals surface area (Å²) in [4.78, 5) is 11.9. The van der Waals surface area contributed by atoms with Gasteiger partial charge < -0.3 is 14.3 Å². The zero-order valence-electron chi connectivity index (χ0n) is 11.0. The summed E-state index contributed by atoms with van der Waals surface area (Å²) in [6.07, 6.45) is 3.05. The average Bonchev–Trinajstić information content (AvgIpc) is 2.86. The molecule has 0 radical (unpaired) electrons. The summed E-state index contributed by atoms with van der Waals surface area (Å²) in [6, 6.07) is 6.70. The summed E-state index contributed by atoms with van der Waals surface area (Å²) in [5.41, 5.74) is 0.725. The van der Waals surface area contributed by atoms with E-state index in [4.69, 9.17) is 9.15 Å². The van der Waals surface area contributed by atoms with Crippen LogP contribution in [-0.2, 0) is 0 Å². The first-order chi connectivity index (χ1) is 9.51. The minimum atomic E-state index is -0.221. The molecule has 1 heterocycles. The van der Waals surface area contributed by atoms with Crippen LogP contribution >= 0.6 is 15.9 Å². The maximum absolute atomic E-state index is 11.9. The lowest BCUT2D eigenvalue weighted by Crippen LogP contribution is -1.91. The smallest absolute Gasteiger partial charge is 0.221 e. The van der Waals surface area contributed by atoms with Crippen LogP contribution in [0.25, 0.3) is 6.08 Å². The third-order valence-electron chi connectivity index (χ3n) is 2.68. The number of carbonyl (C=O) groups is 1. The van der Waals surface area contributed by atoms with Gasteiger partial charge in [-0.25, -0.2) is 0 Å². The third kappa shape index (κ3) is 3.11. The summed E-state index contributed by atoms with van der Waals surface area (Å²) in [6.45, 7) is 1.78. The van der Waals surface area contributed by atoms with Crippen molar-refractivity contribution in [3.05, 3.63) is 51.9 Å². The Bertz CT molecular complexity index is 671. The van der Waals surface area contributed by atoms with E-state index in [1.807, 2.05) is 0 Å². The molecule has 0 unspecified atom stereocenters. The van der Waals surface area contributed by atoms with Crippen LogP contribution in [0.4, 0.5) is 0 Å². The second-order valence-electron chi connectivity index (χ2n) is 4.16. The number of benzene rings is 1. The van der Waals surface area contributed by atoms with Crippen molar-refractivity contribution in [3.63, 3.8) is 0 Å². The Hall–Kier alpha value is -2.01. The predicted molar refractivity (Wildman–Crippen MR) is 79.2 cm³/mol. The summed E-state index contributed by atoms with van der Waals surface area (Å²) < 4.78 is 10.8. The molecule has 2 aromatic rings. The molecular formula is C15H13BrO4. The Morgan fingerprint density at radius 2 is 2.15 bits per heavy atom. The highest BCUT2D eigenvalue weighted by Crippen LogP contribution is 2.35. The number of furan rings is 1. The highest BCUT2D eigenvalue weighted by Gasteiger charge is 2.09. The number of hydrogen-bond acceptors (Lipinski definition) is 4. The SMILES string of the molecule is COc1cc(C=CC(=O)c2ccc(C)o2)cc(Br)c1O. The molecule has 0 saturated carbocycles. The molecular weight excluding hydrogens is 324 g/mol. The first kappa shape index (κ1) is 14.4. The molecule has 0 spiro atoms. The molecule has 0 aliphatic heterocycles. The lowest BCUT2D eigenvalue weighted by atomic mass is 10.1. The molecule has 4 nitrogen and oxygen atoms in total. The Morgan fingerprint density at radius 3 is 2.75 bits per heavy atom. The van der Waals surface area contributed by atoms with Gasteiger partial charge in [0.15, 0.2) is 17.3 Å². The van der Waals surface area contributed by atoms with Gasteiger partial charge in [-0.1, -0.05) is 6.08 Å². The Morgan fingerprint density at radius 1 is 1.40 bits per heavy atom. The number of ketones is 1. The Kier molecular flexibility index (Phi) is 4.29. The molecule has 0 bridgehead atoms. The van der Waals surface area contributed by atoms with E-state index in [-0.39, 0.29) is 11.5 Å². The van der Waals surface area contributed by atoms with Crippen molar-refractivity contribution in [1.82, 2.24) is 0 Å². The van der Waals surface area contributed by atoms with E-state index in [0.29, 0.717) is 21.7 Å². The van der Waals surface area contributed by atoms with Gasteiger partial charge in [-0.05, 0) is 58.8 Å².